The van der Waals surface area contributed by atoms with Crippen molar-refractivity contribution in [1.29, 1.82) is 0 Å². The fraction of sp³-hybridized carbons (Fsp3) is 0.818. The molecule has 0 aliphatic carbocycles. The van der Waals surface area contributed by atoms with Gasteiger partial charge in [0.15, 0.2) is 9.84 Å². The first-order chi connectivity index (χ1) is 9.00. The third-order valence-electron chi connectivity index (χ3n) is 3.21. The van der Waals surface area contributed by atoms with Gasteiger partial charge in [0.25, 0.3) is 0 Å². The molecule has 2 rings (SSSR count). The second-order valence-corrected chi connectivity index (χ2v) is 8.19. The highest BCUT2D eigenvalue weighted by atomic mass is 32.2. The molecule has 0 radical (unpaired) electrons. The normalized spacial score (nSPS) is 21.9. The summed E-state index contributed by atoms with van der Waals surface area (Å²) in [5.41, 5.74) is 0. The van der Waals surface area contributed by atoms with Gasteiger partial charge >= 0.3 is 0 Å². The first kappa shape index (κ1) is 14.7. The molecule has 1 N–H and O–H groups in total. The lowest BCUT2D eigenvalue weighted by Crippen LogP contribution is -2.32. The Balaban J connectivity index is 1.88. The highest BCUT2D eigenvalue weighted by Gasteiger charge is 2.30. The molecule has 6 nitrogen and oxygen atoms in total. The van der Waals surface area contributed by atoms with Gasteiger partial charge < -0.3 is 5.32 Å². The maximum absolute atomic E-state index is 11.5. The van der Waals surface area contributed by atoms with Gasteiger partial charge in [-0.05, 0) is 19.9 Å². The quantitative estimate of drug-likeness (QED) is 0.844. The van der Waals surface area contributed by atoms with Crippen LogP contribution in [0.3, 0.4) is 0 Å². The van der Waals surface area contributed by atoms with Crippen LogP contribution in [0.5, 0.6) is 0 Å². The van der Waals surface area contributed by atoms with Crippen LogP contribution in [0.15, 0.2) is 0 Å². The van der Waals surface area contributed by atoms with Crippen molar-refractivity contribution in [3.63, 3.8) is 0 Å². The first-order valence-corrected chi connectivity index (χ1v) is 9.11. The van der Waals surface area contributed by atoms with Gasteiger partial charge in [-0.3, -0.25) is 4.90 Å². The molecule has 2 heterocycles. The smallest absolute Gasteiger partial charge is 0.205 e. The maximum atomic E-state index is 11.5. The van der Waals surface area contributed by atoms with Crippen molar-refractivity contribution in [2.24, 2.45) is 0 Å². The minimum Gasteiger partial charge on any atom is -0.360 e. The van der Waals surface area contributed by atoms with Crippen molar-refractivity contribution in [1.82, 2.24) is 15.1 Å². The highest BCUT2D eigenvalue weighted by molar-refractivity contribution is 7.91. The van der Waals surface area contributed by atoms with Gasteiger partial charge in [0.05, 0.1) is 18.1 Å². The van der Waals surface area contributed by atoms with Crippen LogP contribution in [-0.4, -0.2) is 54.7 Å². The minimum atomic E-state index is -2.83. The van der Waals surface area contributed by atoms with Crippen LogP contribution in [0.1, 0.15) is 24.8 Å². The molecule has 1 aliphatic heterocycles. The van der Waals surface area contributed by atoms with Crippen LogP contribution in [0.25, 0.3) is 0 Å². The second kappa shape index (κ2) is 6.15. The summed E-state index contributed by atoms with van der Waals surface area (Å²) in [5, 5.41) is 13.2. The van der Waals surface area contributed by atoms with Crippen LogP contribution in [0.4, 0.5) is 5.13 Å². The Morgan fingerprint density at radius 1 is 1.47 bits per heavy atom. The summed E-state index contributed by atoms with van der Waals surface area (Å²) >= 11 is 1.54. The number of rotatable bonds is 6. The van der Waals surface area contributed by atoms with Crippen LogP contribution in [0, 0.1) is 0 Å². The Labute approximate surface area is 118 Å². The van der Waals surface area contributed by atoms with Gasteiger partial charge in [-0.25, -0.2) is 8.42 Å². The molecule has 1 aromatic heterocycles. The molecule has 0 saturated carbocycles. The molecule has 8 heteroatoms. The first-order valence-electron chi connectivity index (χ1n) is 6.47. The molecule has 1 saturated heterocycles. The minimum absolute atomic E-state index is 0.112. The van der Waals surface area contributed by atoms with Gasteiger partial charge in [0, 0.05) is 12.6 Å². The Morgan fingerprint density at radius 2 is 2.26 bits per heavy atom. The van der Waals surface area contributed by atoms with E-state index in [1.807, 2.05) is 7.05 Å². The molecule has 19 heavy (non-hydrogen) atoms. The number of anilines is 1. The lowest BCUT2D eigenvalue weighted by atomic mass is 10.2. The van der Waals surface area contributed by atoms with E-state index in [1.54, 1.807) is 0 Å². The van der Waals surface area contributed by atoms with E-state index in [4.69, 9.17) is 0 Å². The fourth-order valence-electron chi connectivity index (χ4n) is 2.09. The largest absolute Gasteiger partial charge is 0.360 e. The lowest BCUT2D eigenvalue weighted by molar-refractivity contribution is 0.253. The number of hydrogen-bond donors (Lipinski definition) is 1. The van der Waals surface area contributed by atoms with Gasteiger partial charge in [0.1, 0.15) is 5.01 Å². The topological polar surface area (TPSA) is 75.2 Å². The van der Waals surface area contributed by atoms with Crippen LogP contribution in [-0.2, 0) is 16.4 Å². The fourth-order valence-corrected chi connectivity index (χ4v) is 4.72. The monoisotopic (exact) mass is 304 g/mol. The zero-order valence-electron chi connectivity index (χ0n) is 11.3. The third kappa shape index (κ3) is 4.12. The predicted molar refractivity (Wildman–Crippen MR) is 77.2 cm³/mol. The standard InChI is InChI=1S/C11H20N4O2S2/c1-3-5-12-11-14-13-10(18-11)7-15(2)9-4-6-19(16,17)8-9/h9H,3-8H2,1-2H3,(H,12,14). The van der Waals surface area contributed by atoms with Crippen molar-refractivity contribution >= 4 is 26.3 Å². The number of sulfone groups is 1. The summed E-state index contributed by atoms with van der Waals surface area (Å²) < 4.78 is 22.9. The summed E-state index contributed by atoms with van der Waals surface area (Å²) in [7, 11) is -0.876. The summed E-state index contributed by atoms with van der Waals surface area (Å²) in [5.74, 6) is 0.574. The molecule has 108 valence electrons. The van der Waals surface area contributed by atoms with E-state index in [2.05, 4.69) is 27.3 Å². The molecule has 0 bridgehead atoms. The molecular weight excluding hydrogens is 284 g/mol. The summed E-state index contributed by atoms with van der Waals surface area (Å²) in [4.78, 5) is 2.06. The predicted octanol–water partition coefficient (Wildman–Crippen LogP) is 0.979. The second-order valence-electron chi connectivity index (χ2n) is 4.90. The van der Waals surface area contributed by atoms with E-state index in [-0.39, 0.29) is 11.8 Å². The van der Waals surface area contributed by atoms with E-state index in [0.29, 0.717) is 12.3 Å². The number of nitrogens with zero attached hydrogens (tertiary/aromatic N) is 3. The zero-order chi connectivity index (χ0) is 13.9. The summed E-state index contributed by atoms with van der Waals surface area (Å²) in [6, 6.07) is 0.112. The molecule has 1 atom stereocenters. The molecule has 1 fully saturated rings. The highest BCUT2D eigenvalue weighted by Crippen LogP contribution is 2.21. The Hall–Kier alpha value is -0.730. The maximum Gasteiger partial charge on any atom is 0.205 e. The van der Waals surface area contributed by atoms with Crippen LogP contribution in [0.2, 0.25) is 0 Å². The van der Waals surface area contributed by atoms with E-state index < -0.39 is 9.84 Å². The van der Waals surface area contributed by atoms with Gasteiger partial charge in [0.2, 0.25) is 5.13 Å². The molecule has 1 aromatic rings. The molecular formula is C11H20N4O2S2. The van der Waals surface area contributed by atoms with Gasteiger partial charge in [-0.15, -0.1) is 10.2 Å². The SMILES string of the molecule is CCCNc1nnc(CN(C)C2CCS(=O)(=O)C2)s1. The lowest BCUT2D eigenvalue weighted by Gasteiger charge is -2.21. The van der Waals surface area contributed by atoms with Crippen LogP contribution >= 0.6 is 11.3 Å². The molecule has 1 unspecified atom stereocenters. The number of aromatic nitrogens is 2. The van der Waals surface area contributed by atoms with E-state index in [0.717, 1.165) is 29.5 Å². The summed E-state index contributed by atoms with van der Waals surface area (Å²) in [6.07, 6.45) is 1.77. The van der Waals surface area contributed by atoms with Gasteiger partial charge in [-0.2, -0.15) is 0 Å². The number of hydrogen-bond acceptors (Lipinski definition) is 7. The van der Waals surface area contributed by atoms with Crippen LogP contribution < -0.4 is 5.32 Å². The van der Waals surface area contributed by atoms with Crippen molar-refractivity contribution in [2.75, 3.05) is 30.4 Å². The van der Waals surface area contributed by atoms with Crippen molar-refractivity contribution in [3.05, 3.63) is 5.01 Å². The Kier molecular flexibility index (Phi) is 4.75. The zero-order valence-corrected chi connectivity index (χ0v) is 12.9. The van der Waals surface area contributed by atoms with E-state index in [1.165, 1.54) is 11.3 Å². The molecule has 1 aliphatic rings. The van der Waals surface area contributed by atoms with Crippen molar-refractivity contribution < 1.29 is 8.42 Å². The van der Waals surface area contributed by atoms with E-state index in [9.17, 15) is 8.42 Å². The molecule has 0 amide bonds. The summed E-state index contributed by atoms with van der Waals surface area (Å²) in [6.45, 7) is 3.65. The molecule has 0 aromatic carbocycles. The van der Waals surface area contributed by atoms with E-state index >= 15 is 0 Å². The number of nitrogens with one attached hydrogen (secondary N) is 1. The average molecular weight is 304 g/mol. The Bertz CT molecular complexity index is 515. The van der Waals surface area contributed by atoms with Crippen molar-refractivity contribution in [2.45, 2.75) is 32.4 Å². The Morgan fingerprint density at radius 3 is 2.89 bits per heavy atom. The van der Waals surface area contributed by atoms with Gasteiger partial charge in [-0.1, -0.05) is 18.3 Å². The van der Waals surface area contributed by atoms with Crippen molar-refractivity contribution in [3.8, 4) is 0 Å². The average Bonchev–Trinajstić information content (AvgIpc) is 2.93. The third-order valence-corrected chi connectivity index (χ3v) is 5.83. The molecule has 0 spiro atoms.